The molecular weight excluding hydrogens is 100 g/mol. The van der Waals surface area contributed by atoms with E-state index in [9.17, 15) is 0 Å². The highest BCUT2D eigenvalue weighted by molar-refractivity contribution is 5.23. The summed E-state index contributed by atoms with van der Waals surface area (Å²) >= 11 is 0. The summed E-state index contributed by atoms with van der Waals surface area (Å²) in [5.74, 6) is 5.59. The number of hydrogen-bond acceptors (Lipinski definition) is 1. The van der Waals surface area contributed by atoms with Crippen molar-refractivity contribution in [3.05, 3.63) is 11.8 Å². The summed E-state index contributed by atoms with van der Waals surface area (Å²) in [5, 5.41) is 0. The number of allylic oxidation sites excluding steroid dienone is 1. The third-order valence-corrected chi connectivity index (χ3v) is 0.617. The van der Waals surface area contributed by atoms with E-state index < -0.39 is 0 Å². The van der Waals surface area contributed by atoms with E-state index in [4.69, 9.17) is 4.74 Å². The lowest BCUT2D eigenvalue weighted by Gasteiger charge is -1.85. The molecule has 0 N–H and O–H groups in total. The largest absolute Gasteiger partial charge is 0.503 e. The molecule has 44 valence electrons. The van der Waals surface area contributed by atoms with Crippen LogP contribution in [0, 0.1) is 11.8 Å². The maximum Gasteiger partial charge on any atom is 0.0937 e. The van der Waals surface area contributed by atoms with E-state index in [2.05, 4.69) is 11.8 Å². The van der Waals surface area contributed by atoms with Crippen molar-refractivity contribution in [2.45, 2.75) is 13.8 Å². The van der Waals surface area contributed by atoms with Gasteiger partial charge in [0.05, 0.1) is 13.4 Å². The normalized spacial score (nSPS) is 9.62. The van der Waals surface area contributed by atoms with Crippen LogP contribution < -0.4 is 0 Å². The van der Waals surface area contributed by atoms with Crippen LogP contribution in [0.2, 0.25) is 0 Å². The maximum atomic E-state index is 4.69. The number of methoxy groups -OCH3 is 1. The number of ether oxygens (including phenoxy) is 1. The van der Waals surface area contributed by atoms with Crippen molar-refractivity contribution in [3.63, 3.8) is 0 Å². The SMILES string of the molecule is CC#CC(C)=COC. The van der Waals surface area contributed by atoms with Crippen molar-refractivity contribution >= 4 is 0 Å². The fourth-order valence-electron chi connectivity index (χ4n) is 0.403. The van der Waals surface area contributed by atoms with Crippen molar-refractivity contribution in [1.29, 1.82) is 0 Å². The molecule has 0 aliphatic carbocycles. The van der Waals surface area contributed by atoms with Gasteiger partial charge in [0.2, 0.25) is 0 Å². The molecule has 0 aromatic rings. The van der Waals surface area contributed by atoms with E-state index in [0.29, 0.717) is 0 Å². The van der Waals surface area contributed by atoms with Crippen LogP contribution in [-0.2, 0) is 4.74 Å². The molecule has 0 amide bonds. The fourth-order valence-corrected chi connectivity index (χ4v) is 0.403. The molecule has 1 heteroatoms. The molecule has 0 saturated carbocycles. The van der Waals surface area contributed by atoms with Crippen LogP contribution in [0.1, 0.15) is 13.8 Å². The molecule has 0 aromatic carbocycles. The summed E-state index contributed by atoms with van der Waals surface area (Å²) in [6.45, 7) is 3.70. The van der Waals surface area contributed by atoms with E-state index in [1.807, 2.05) is 6.92 Å². The molecule has 8 heavy (non-hydrogen) atoms. The summed E-state index contributed by atoms with van der Waals surface area (Å²) in [7, 11) is 1.61. The minimum absolute atomic E-state index is 0.954. The Kier molecular flexibility index (Phi) is 3.78. The van der Waals surface area contributed by atoms with Crippen LogP contribution in [0.5, 0.6) is 0 Å². The molecule has 0 bridgehead atoms. The first-order valence-electron chi connectivity index (χ1n) is 2.43. The molecular formula is C7H10O. The van der Waals surface area contributed by atoms with Gasteiger partial charge >= 0.3 is 0 Å². The predicted molar refractivity (Wildman–Crippen MR) is 34.2 cm³/mol. The average molecular weight is 110 g/mol. The van der Waals surface area contributed by atoms with Gasteiger partial charge in [-0.2, -0.15) is 0 Å². The molecule has 0 aliphatic heterocycles. The Hall–Kier alpha value is -0.900. The molecule has 0 heterocycles. The Morgan fingerprint density at radius 3 is 2.62 bits per heavy atom. The highest BCUT2D eigenvalue weighted by Crippen LogP contribution is 1.86. The van der Waals surface area contributed by atoms with Gasteiger partial charge in [0.1, 0.15) is 0 Å². The van der Waals surface area contributed by atoms with Crippen LogP contribution in [0.25, 0.3) is 0 Å². The standard InChI is InChI=1S/C7H10O/c1-4-5-7(2)6-8-3/h6H,1-3H3. The fraction of sp³-hybridized carbons (Fsp3) is 0.429. The Labute approximate surface area is 50.4 Å². The van der Waals surface area contributed by atoms with Crippen LogP contribution in [-0.4, -0.2) is 7.11 Å². The molecule has 0 fully saturated rings. The summed E-state index contributed by atoms with van der Waals surface area (Å²) in [6.07, 6.45) is 1.62. The van der Waals surface area contributed by atoms with Crippen LogP contribution in [0.3, 0.4) is 0 Å². The smallest absolute Gasteiger partial charge is 0.0937 e. The first kappa shape index (κ1) is 7.10. The molecule has 0 aliphatic rings. The van der Waals surface area contributed by atoms with Gasteiger partial charge in [0.15, 0.2) is 0 Å². The Balaban J connectivity index is 3.74. The van der Waals surface area contributed by atoms with Crippen molar-refractivity contribution in [2.75, 3.05) is 7.11 Å². The van der Waals surface area contributed by atoms with Crippen LogP contribution in [0.15, 0.2) is 11.8 Å². The van der Waals surface area contributed by atoms with E-state index in [1.54, 1.807) is 20.3 Å². The average Bonchev–Trinajstić information content (AvgIpc) is 1.68. The van der Waals surface area contributed by atoms with E-state index in [-0.39, 0.29) is 0 Å². The monoisotopic (exact) mass is 110 g/mol. The zero-order valence-corrected chi connectivity index (χ0v) is 5.49. The molecule has 0 radical (unpaired) electrons. The van der Waals surface area contributed by atoms with Gasteiger partial charge in [0.25, 0.3) is 0 Å². The van der Waals surface area contributed by atoms with Crippen molar-refractivity contribution < 1.29 is 4.74 Å². The maximum absolute atomic E-state index is 4.69. The minimum atomic E-state index is 0.954. The zero-order valence-electron chi connectivity index (χ0n) is 5.49. The second kappa shape index (κ2) is 4.26. The van der Waals surface area contributed by atoms with Gasteiger partial charge < -0.3 is 4.74 Å². The van der Waals surface area contributed by atoms with Gasteiger partial charge in [0, 0.05) is 5.57 Å². The summed E-state index contributed by atoms with van der Waals surface area (Å²) < 4.78 is 4.69. The first-order valence-corrected chi connectivity index (χ1v) is 2.43. The van der Waals surface area contributed by atoms with Gasteiger partial charge in [-0.1, -0.05) is 5.92 Å². The molecule has 1 nitrogen and oxygen atoms in total. The van der Waals surface area contributed by atoms with Gasteiger partial charge in [-0.15, -0.1) is 5.92 Å². The van der Waals surface area contributed by atoms with Crippen molar-refractivity contribution in [2.24, 2.45) is 0 Å². The van der Waals surface area contributed by atoms with Gasteiger partial charge in [-0.05, 0) is 13.8 Å². The Morgan fingerprint density at radius 1 is 1.62 bits per heavy atom. The zero-order chi connectivity index (χ0) is 6.41. The summed E-state index contributed by atoms with van der Waals surface area (Å²) in [5.41, 5.74) is 0.954. The first-order chi connectivity index (χ1) is 3.81. The van der Waals surface area contributed by atoms with Gasteiger partial charge in [-0.3, -0.25) is 0 Å². The summed E-state index contributed by atoms with van der Waals surface area (Å²) in [4.78, 5) is 0. The van der Waals surface area contributed by atoms with Crippen molar-refractivity contribution in [3.8, 4) is 11.8 Å². The van der Waals surface area contributed by atoms with Crippen LogP contribution in [0.4, 0.5) is 0 Å². The minimum Gasteiger partial charge on any atom is -0.503 e. The quantitative estimate of drug-likeness (QED) is 0.367. The van der Waals surface area contributed by atoms with E-state index in [0.717, 1.165) is 5.57 Å². The third kappa shape index (κ3) is 3.30. The predicted octanol–water partition coefficient (Wildman–Crippen LogP) is 1.56. The number of hydrogen-bond donors (Lipinski definition) is 0. The molecule has 0 atom stereocenters. The van der Waals surface area contributed by atoms with E-state index >= 15 is 0 Å². The van der Waals surface area contributed by atoms with Gasteiger partial charge in [-0.25, -0.2) is 0 Å². The molecule has 0 spiro atoms. The second-order valence-corrected chi connectivity index (χ2v) is 1.41. The highest BCUT2D eigenvalue weighted by atomic mass is 16.5. The highest BCUT2D eigenvalue weighted by Gasteiger charge is 1.74. The Morgan fingerprint density at radius 2 is 2.25 bits per heavy atom. The van der Waals surface area contributed by atoms with Crippen molar-refractivity contribution in [1.82, 2.24) is 0 Å². The lowest BCUT2D eigenvalue weighted by Crippen LogP contribution is -1.70. The third-order valence-electron chi connectivity index (χ3n) is 0.617. The lowest BCUT2D eigenvalue weighted by molar-refractivity contribution is 0.335. The molecule has 0 saturated heterocycles. The summed E-state index contributed by atoms with van der Waals surface area (Å²) in [6, 6.07) is 0. The second-order valence-electron chi connectivity index (χ2n) is 1.41. The molecule has 0 aromatic heterocycles. The molecule has 0 rings (SSSR count). The topological polar surface area (TPSA) is 9.23 Å². The Bertz CT molecular complexity index is 134. The molecule has 0 unspecified atom stereocenters. The lowest BCUT2D eigenvalue weighted by atomic mass is 10.3. The van der Waals surface area contributed by atoms with E-state index in [1.165, 1.54) is 0 Å². The van der Waals surface area contributed by atoms with Crippen LogP contribution >= 0.6 is 0 Å². The number of rotatable bonds is 1.